The molecule has 0 radical (unpaired) electrons. The minimum atomic E-state index is -0.828. The molecule has 1 aromatic heterocycles. The quantitative estimate of drug-likeness (QED) is 0.334. The predicted molar refractivity (Wildman–Crippen MR) is 72.6 cm³/mol. The maximum atomic E-state index is 11.8. The summed E-state index contributed by atoms with van der Waals surface area (Å²) in [5.41, 5.74) is 7.38. The third kappa shape index (κ3) is 2.81. The lowest BCUT2D eigenvalue weighted by Gasteiger charge is -2.17. The average molecular weight is 379 g/mol. The molecule has 2 heterocycles. The summed E-state index contributed by atoms with van der Waals surface area (Å²) in [6, 6.07) is -0.610. The number of H-pyrrole nitrogens is 1. The maximum Gasteiger partial charge on any atom is 0.330 e. The molecular weight excluding hydrogens is 369 g/mol. The smallest absolute Gasteiger partial charge is 0.330 e. The maximum absolute atomic E-state index is 11.8. The van der Waals surface area contributed by atoms with E-state index in [1.54, 1.807) is 22.6 Å². The molecule has 0 spiro atoms. The van der Waals surface area contributed by atoms with Gasteiger partial charge in [-0.2, -0.15) is 0 Å². The van der Waals surface area contributed by atoms with Gasteiger partial charge in [-0.05, 0) is 34.5 Å². The molecule has 9 nitrogen and oxygen atoms in total. The van der Waals surface area contributed by atoms with E-state index in [0.29, 0.717) is 9.99 Å². The number of aliphatic hydroxyl groups is 1. The highest BCUT2D eigenvalue weighted by molar-refractivity contribution is 14.1. The summed E-state index contributed by atoms with van der Waals surface area (Å²) in [6.45, 7) is -0.233. The van der Waals surface area contributed by atoms with E-state index in [9.17, 15) is 9.59 Å². The molecule has 1 aliphatic heterocycles. The van der Waals surface area contributed by atoms with E-state index >= 15 is 0 Å². The van der Waals surface area contributed by atoms with Crippen LogP contribution < -0.4 is 11.2 Å². The topological polar surface area (TPSA) is 133 Å². The van der Waals surface area contributed by atoms with Crippen LogP contribution in [0.4, 0.5) is 0 Å². The van der Waals surface area contributed by atoms with E-state index in [1.165, 1.54) is 6.20 Å². The predicted octanol–water partition coefficient (Wildman–Crippen LogP) is 0.0999. The van der Waals surface area contributed by atoms with Crippen molar-refractivity contribution >= 4 is 22.6 Å². The van der Waals surface area contributed by atoms with E-state index in [4.69, 9.17) is 15.4 Å². The lowest BCUT2D eigenvalue weighted by Crippen LogP contribution is -2.36. The van der Waals surface area contributed by atoms with E-state index in [2.05, 4.69) is 15.0 Å². The molecule has 2 N–H and O–H groups in total. The molecule has 1 aromatic rings. The third-order valence-corrected chi connectivity index (χ3v) is 3.54. The van der Waals surface area contributed by atoms with Crippen molar-refractivity contribution in [2.45, 2.75) is 24.8 Å². The van der Waals surface area contributed by atoms with Crippen molar-refractivity contribution in [1.82, 2.24) is 9.55 Å². The van der Waals surface area contributed by atoms with Gasteiger partial charge in [0.2, 0.25) is 0 Å². The van der Waals surface area contributed by atoms with Gasteiger partial charge in [-0.1, -0.05) is 5.11 Å². The lowest BCUT2D eigenvalue weighted by atomic mass is 10.2. The van der Waals surface area contributed by atoms with Crippen molar-refractivity contribution in [3.05, 3.63) is 41.0 Å². The van der Waals surface area contributed by atoms with Crippen LogP contribution in [-0.4, -0.2) is 33.4 Å². The highest BCUT2D eigenvalue weighted by Crippen LogP contribution is 2.30. The molecule has 1 saturated heterocycles. The Balaban J connectivity index is 2.44. The average Bonchev–Trinajstić information content (AvgIpc) is 2.77. The van der Waals surface area contributed by atoms with Crippen molar-refractivity contribution < 1.29 is 9.84 Å². The van der Waals surface area contributed by atoms with Gasteiger partial charge < -0.3 is 9.84 Å². The number of nitrogens with one attached hydrogen (secondary N) is 1. The number of rotatable bonds is 3. The fourth-order valence-electron chi connectivity index (χ4n) is 1.92. The third-order valence-electron chi connectivity index (χ3n) is 2.77. The number of hydrogen-bond donors (Lipinski definition) is 2. The zero-order valence-corrected chi connectivity index (χ0v) is 11.7. The Hall–Kier alpha value is -1.36. The standard InChI is InChI=1S/C9H10IN5O4/c10-5-2-15(9(18)12-7(5)17)8-6(13-14-11)1-4(3-16)19-8/h2,4,6,8,16H,1,3H2,(H,12,17,18). The normalized spacial score (nSPS) is 26.1. The molecule has 0 aliphatic carbocycles. The summed E-state index contributed by atoms with van der Waals surface area (Å²) >= 11 is 1.78. The molecule has 0 bridgehead atoms. The Bertz CT molecular complexity index is 634. The van der Waals surface area contributed by atoms with Gasteiger partial charge in [0.15, 0.2) is 0 Å². The zero-order valence-electron chi connectivity index (χ0n) is 9.56. The van der Waals surface area contributed by atoms with Gasteiger partial charge in [0.05, 0.1) is 22.3 Å². The minimum Gasteiger partial charge on any atom is -0.394 e. The minimum absolute atomic E-state index is 0.233. The number of aromatic amines is 1. The molecule has 19 heavy (non-hydrogen) atoms. The second-order valence-electron chi connectivity index (χ2n) is 3.98. The van der Waals surface area contributed by atoms with Crippen molar-refractivity contribution in [3.8, 4) is 0 Å². The number of nitrogens with zero attached hydrogens (tertiary/aromatic N) is 4. The summed E-state index contributed by atoms with van der Waals surface area (Å²) in [6.07, 6.45) is 0.322. The van der Waals surface area contributed by atoms with E-state index in [0.717, 1.165) is 4.57 Å². The van der Waals surface area contributed by atoms with Gasteiger partial charge in [0.25, 0.3) is 5.56 Å². The number of azide groups is 1. The van der Waals surface area contributed by atoms with Crippen LogP contribution in [0.1, 0.15) is 12.6 Å². The van der Waals surface area contributed by atoms with Gasteiger partial charge >= 0.3 is 5.69 Å². The van der Waals surface area contributed by atoms with Crippen molar-refractivity contribution in [2.24, 2.45) is 5.11 Å². The van der Waals surface area contributed by atoms with Gasteiger partial charge in [-0.15, -0.1) is 0 Å². The molecule has 3 atom stereocenters. The molecule has 10 heteroatoms. The van der Waals surface area contributed by atoms with Gasteiger partial charge in [0, 0.05) is 11.1 Å². The number of hydrogen-bond acceptors (Lipinski definition) is 5. The van der Waals surface area contributed by atoms with Crippen LogP contribution in [0.15, 0.2) is 20.9 Å². The fourth-order valence-corrected chi connectivity index (χ4v) is 2.35. The molecule has 2 rings (SSSR count). The van der Waals surface area contributed by atoms with Crippen LogP contribution in [0.5, 0.6) is 0 Å². The lowest BCUT2D eigenvalue weighted by molar-refractivity contribution is -0.0280. The Morgan fingerprint density at radius 2 is 2.42 bits per heavy atom. The van der Waals surface area contributed by atoms with Gasteiger partial charge in [-0.25, -0.2) is 4.79 Å². The van der Waals surface area contributed by atoms with Crippen LogP contribution in [0.3, 0.4) is 0 Å². The molecule has 102 valence electrons. The van der Waals surface area contributed by atoms with E-state index in [1.807, 2.05) is 0 Å². The summed E-state index contributed by atoms with van der Waals surface area (Å²) < 4.78 is 6.94. The van der Waals surface area contributed by atoms with E-state index < -0.39 is 29.6 Å². The monoisotopic (exact) mass is 379 g/mol. The Morgan fingerprint density at radius 3 is 3.05 bits per heavy atom. The first-order valence-corrected chi connectivity index (χ1v) is 6.46. The SMILES string of the molecule is [N-]=[N+]=NC1CC(CO)OC1n1cc(I)c(=O)[nH]c1=O. The highest BCUT2D eigenvalue weighted by atomic mass is 127. The van der Waals surface area contributed by atoms with Crippen molar-refractivity contribution in [2.75, 3.05) is 6.61 Å². The highest BCUT2D eigenvalue weighted by Gasteiger charge is 2.36. The largest absolute Gasteiger partial charge is 0.394 e. The summed E-state index contributed by atoms with van der Waals surface area (Å²) in [5.74, 6) is 0. The van der Waals surface area contributed by atoms with E-state index in [-0.39, 0.29) is 6.61 Å². The Morgan fingerprint density at radius 1 is 1.68 bits per heavy atom. The summed E-state index contributed by atoms with van der Waals surface area (Å²) in [7, 11) is 0. The van der Waals surface area contributed by atoms with Gasteiger partial charge in [-0.3, -0.25) is 14.3 Å². The number of aromatic nitrogens is 2. The molecule has 1 fully saturated rings. The summed E-state index contributed by atoms with van der Waals surface area (Å²) in [4.78, 5) is 27.9. The summed E-state index contributed by atoms with van der Waals surface area (Å²) in [5, 5.41) is 12.6. The first-order chi connectivity index (χ1) is 9.06. The molecule has 1 aliphatic rings. The molecule has 0 amide bonds. The van der Waals surface area contributed by atoms with Crippen LogP contribution in [0.25, 0.3) is 10.4 Å². The first kappa shape index (κ1) is 14.1. The number of aliphatic hydroxyl groups excluding tert-OH is 1. The van der Waals surface area contributed by atoms with Crippen molar-refractivity contribution in [3.63, 3.8) is 0 Å². The Kier molecular flexibility index (Phi) is 4.24. The van der Waals surface area contributed by atoms with Crippen LogP contribution >= 0.6 is 22.6 Å². The van der Waals surface area contributed by atoms with Gasteiger partial charge in [0.1, 0.15) is 6.23 Å². The molecule has 0 saturated carbocycles. The molecular formula is C9H10IN5O4. The molecule has 0 aromatic carbocycles. The van der Waals surface area contributed by atoms with Crippen molar-refractivity contribution in [1.29, 1.82) is 0 Å². The fraction of sp³-hybridized carbons (Fsp3) is 0.556. The van der Waals surface area contributed by atoms with Crippen LogP contribution in [-0.2, 0) is 4.74 Å². The zero-order chi connectivity index (χ0) is 14.0. The number of halogens is 1. The Labute approximate surface area is 120 Å². The number of ether oxygens (including phenoxy) is 1. The molecule has 3 unspecified atom stereocenters. The second-order valence-corrected chi connectivity index (χ2v) is 5.14. The van der Waals surface area contributed by atoms with Crippen LogP contribution in [0, 0.1) is 3.57 Å². The first-order valence-electron chi connectivity index (χ1n) is 5.38. The van der Waals surface area contributed by atoms with Crippen LogP contribution in [0.2, 0.25) is 0 Å². The second kappa shape index (κ2) is 5.74.